The summed E-state index contributed by atoms with van der Waals surface area (Å²) < 4.78 is 13.6. The highest BCUT2D eigenvalue weighted by Crippen LogP contribution is 2.32. The van der Waals surface area contributed by atoms with Gasteiger partial charge in [0.2, 0.25) is 0 Å². The van der Waals surface area contributed by atoms with Gasteiger partial charge in [0, 0.05) is 17.5 Å². The van der Waals surface area contributed by atoms with E-state index in [1.54, 1.807) is 6.07 Å². The summed E-state index contributed by atoms with van der Waals surface area (Å²) in [4.78, 5) is 0. The minimum absolute atomic E-state index is 0.103. The zero-order valence-corrected chi connectivity index (χ0v) is 10.2. The standard InChI is InChI=1S/C13H18FNS/c14-13-7-10(8-15)5-6-11(13)9-16-12-3-1-2-4-12/h5-7,12H,1-4,8-9,15H2. The van der Waals surface area contributed by atoms with E-state index in [-0.39, 0.29) is 5.82 Å². The molecule has 0 aliphatic heterocycles. The minimum Gasteiger partial charge on any atom is -0.326 e. The first kappa shape index (κ1) is 11.9. The summed E-state index contributed by atoms with van der Waals surface area (Å²) in [5, 5.41) is 0.744. The molecule has 2 N–H and O–H groups in total. The molecule has 0 atom stereocenters. The summed E-state index contributed by atoms with van der Waals surface area (Å²) in [6, 6.07) is 5.36. The molecule has 0 saturated heterocycles. The monoisotopic (exact) mass is 239 g/mol. The predicted molar refractivity (Wildman–Crippen MR) is 67.8 cm³/mol. The second kappa shape index (κ2) is 5.69. The van der Waals surface area contributed by atoms with Crippen molar-refractivity contribution >= 4 is 11.8 Å². The number of thioether (sulfide) groups is 1. The molecule has 3 heteroatoms. The van der Waals surface area contributed by atoms with E-state index in [9.17, 15) is 4.39 Å². The largest absolute Gasteiger partial charge is 0.326 e. The van der Waals surface area contributed by atoms with Crippen molar-refractivity contribution in [1.82, 2.24) is 0 Å². The van der Waals surface area contributed by atoms with E-state index in [2.05, 4.69) is 0 Å². The SMILES string of the molecule is NCc1ccc(CSC2CCCC2)c(F)c1. The molecule has 0 bridgehead atoms. The Kier molecular flexibility index (Phi) is 4.24. The van der Waals surface area contributed by atoms with Gasteiger partial charge in [-0.1, -0.05) is 25.0 Å². The van der Waals surface area contributed by atoms with Crippen LogP contribution in [0.25, 0.3) is 0 Å². The van der Waals surface area contributed by atoms with Gasteiger partial charge in [-0.3, -0.25) is 0 Å². The summed E-state index contributed by atoms with van der Waals surface area (Å²) >= 11 is 1.89. The first-order valence-electron chi connectivity index (χ1n) is 5.88. The maximum atomic E-state index is 13.6. The Hall–Kier alpha value is -0.540. The van der Waals surface area contributed by atoms with Crippen molar-refractivity contribution < 1.29 is 4.39 Å². The Balaban J connectivity index is 1.93. The van der Waals surface area contributed by atoms with E-state index >= 15 is 0 Å². The van der Waals surface area contributed by atoms with Crippen LogP contribution in [-0.2, 0) is 12.3 Å². The topological polar surface area (TPSA) is 26.0 Å². The van der Waals surface area contributed by atoms with Crippen LogP contribution in [0, 0.1) is 5.82 Å². The lowest BCUT2D eigenvalue weighted by Gasteiger charge is -2.09. The van der Waals surface area contributed by atoms with Crippen molar-refractivity contribution in [2.75, 3.05) is 0 Å². The number of benzene rings is 1. The fourth-order valence-corrected chi connectivity index (χ4v) is 3.41. The molecular formula is C13H18FNS. The van der Waals surface area contributed by atoms with E-state index < -0.39 is 0 Å². The Morgan fingerprint density at radius 1 is 1.31 bits per heavy atom. The molecular weight excluding hydrogens is 221 g/mol. The molecule has 1 aromatic rings. The third-order valence-corrected chi connectivity index (χ3v) is 4.55. The quantitative estimate of drug-likeness (QED) is 0.870. The van der Waals surface area contributed by atoms with Crippen molar-refractivity contribution in [1.29, 1.82) is 0 Å². The highest BCUT2D eigenvalue weighted by molar-refractivity contribution is 7.99. The van der Waals surface area contributed by atoms with Crippen LogP contribution in [0.2, 0.25) is 0 Å². The lowest BCUT2D eigenvalue weighted by molar-refractivity contribution is 0.615. The summed E-state index contributed by atoms with van der Waals surface area (Å²) in [5.74, 6) is 0.690. The Morgan fingerprint density at radius 3 is 2.69 bits per heavy atom. The van der Waals surface area contributed by atoms with E-state index in [4.69, 9.17) is 5.73 Å². The molecule has 0 heterocycles. The van der Waals surface area contributed by atoms with Gasteiger partial charge in [-0.15, -0.1) is 0 Å². The summed E-state index contributed by atoms with van der Waals surface area (Å²) in [6.45, 7) is 0.410. The third-order valence-electron chi connectivity index (χ3n) is 3.13. The van der Waals surface area contributed by atoms with Crippen LogP contribution in [0.4, 0.5) is 4.39 Å². The van der Waals surface area contributed by atoms with Gasteiger partial charge in [-0.2, -0.15) is 11.8 Å². The molecule has 0 spiro atoms. The van der Waals surface area contributed by atoms with Crippen LogP contribution in [0.1, 0.15) is 36.8 Å². The highest BCUT2D eigenvalue weighted by Gasteiger charge is 2.15. The van der Waals surface area contributed by atoms with E-state index in [1.807, 2.05) is 23.9 Å². The fraction of sp³-hybridized carbons (Fsp3) is 0.538. The normalized spacial score (nSPS) is 16.9. The summed E-state index contributed by atoms with van der Waals surface area (Å²) in [5.41, 5.74) is 7.15. The molecule has 16 heavy (non-hydrogen) atoms. The number of halogens is 1. The Morgan fingerprint density at radius 2 is 2.06 bits per heavy atom. The van der Waals surface area contributed by atoms with Crippen molar-refractivity contribution in [3.8, 4) is 0 Å². The minimum atomic E-state index is -0.103. The predicted octanol–water partition coefficient (Wildman–Crippen LogP) is 3.46. The second-order valence-electron chi connectivity index (χ2n) is 4.35. The van der Waals surface area contributed by atoms with Gasteiger partial charge in [0.1, 0.15) is 5.82 Å². The van der Waals surface area contributed by atoms with Crippen LogP contribution in [0.15, 0.2) is 18.2 Å². The molecule has 1 aliphatic rings. The molecule has 1 aromatic carbocycles. The average molecular weight is 239 g/mol. The van der Waals surface area contributed by atoms with Gasteiger partial charge < -0.3 is 5.73 Å². The molecule has 0 amide bonds. The zero-order chi connectivity index (χ0) is 11.4. The van der Waals surface area contributed by atoms with Gasteiger partial charge in [-0.05, 0) is 30.0 Å². The van der Waals surface area contributed by atoms with Gasteiger partial charge >= 0.3 is 0 Å². The first-order chi connectivity index (χ1) is 7.79. The molecule has 0 unspecified atom stereocenters. The van der Waals surface area contributed by atoms with Crippen LogP contribution >= 0.6 is 11.8 Å². The number of hydrogen-bond donors (Lipinski definition) is 1. The van der Waals surface area contributed by atoms with Gasteiger partial charge in [-0.25, -0.2) is 4.39 Å². The summed E-state index contributed by atoms with van der Waals surface area (Å²) in [6.07, 6.45) is 5.28. The van der Waals surface area contributed by atoms with Crippen LogP contribution in [0.5, 0.6) is 0 Å². The molecule has 1 fully saturated rings. The van der Waals surface area contributed by atoms with E-state index in [1.165, 1.54) is 25.7 Å². The van der Waals surface area contributed by atoms with Crippen molar-refractivity contribution in [2.45, 2.75) is 43.2 Å². The second-order valence-corrected chi connectivity index (χ2v) is 5.64. The van der Waals surface area contributed by atoms with Crippen molar-refractivity contribution in [2.24, 2.45) is 5.73 Å². The molecule has 1 nitrogen and oxygen atoms in total. The number of nitrogens with two attached hydrogens (primary N) is 1. The maximum Gasteiger partial charge on any atom is 0.127 e. The highest BCUT2D eigenvalue weighted by atomic mass is 32.2. The zero-order valence-electron chi connectivity index (χ0n) is 9.42. The smallest absolute Gasteiger partial charge is 0.127 e. The third kappa shape index (κ3) is 2.98. The fourth-order valence-electron chi connectivity index (χ4n) is 2.10. The van der Waals surface area contributed by atoms with Crippen molar-refractivity contribution in [3.63, 3.8) is 0 Å². The van der Waals surface area contributed by atoms with E-state index in [0.29, 0.717) is 6.54 Å². The number of rotatable bonds is 4. The molecule has 88 valence electrons. The van der Waals surface area contributed by atoms with Crippen LogP contribution in [-0.4, -0.2) is 5.25 Å². The first-order valence-corrected chi connectivity index (χ1v) is 6.93. The number of hydrogen-bond acceptors (Lipinski definition) is 2. The molecule has 0 radical (unpaired) electrons. The Labute approximate surface area is 101 Å². The van der Waals surface area contributed by atoms with Crippen LogP contribution in [0.3, 0.4) is 0 Å². The summed E-state index contributed by atoms with van der Waals surface area (Å²) in [7, 11) is 0. The molecule has 1 saturated carbocycles. The van der Waals surface area contributed by atoms with Gasteiger partial charge in [0.25, 0.3) is 0 Å². The Bertz CT molecular complexity index is 348. The molecule has 1 aliphatic carbocycles. The van der Waals surface area contributed by atoms with Crippen LogP contribution < -0.4 is 5.73 Å². The molecule has 0 aromatic heterocycles. The molecule has 2 rings (SSSR count). The average Bonchev–Trinajstić information content (AvgIpc) is 2.80. The van der Waals surface area contributed by atoms with Gasteiger partial charge in [0.05, 0.1) is 0 Å². The lowest BCUT2D eigenvalue weighted by atomic mass is 10.1. The van der Waals surface area contributed by atoms with Gasteiger partial charge in [0.15, 0.2) is 0 Å². The van der Waals surface area contributed by atoms with E-state index in [0.717, 1.165) is 22.1 Å². The lowest BCUT2D eigenvalue weighted by Crippen LogP contribution is -2.00. The van der Waals surface area contributed by atoms with Crippen molar-refractivity contribution in [3.05, 3.63) is 35.1 Å². The maximum absolute atomic E-state index is 13.6.